The van der Waals surface area contributed by atoms with Gasteiger partial charge in [-0.25, -0.2) is 4.98 Å². The molecule has 0 saturated carbocycles. The van der Waals surface area contributed by atoms with Crippen molar-refractivity contribution in [2.24, 2.45) is 0 Å². The average molecular weight is 300 g/mol. The summed E-state index contributed by atoms with van der Waals surface area (Å²) in [7, 11) is 0. The Morgan fingerprint density at radius 3 is 2.60 bits per heavy atom. The van der Waals surface area contributed by atoms with Gasteiger partial charge >= 0.3 is 5.97 Å². The molecule has 1 unspecified atom stereocenters. The van der Waals surface area contributed by atoms with Crippen LogP contribution in [0.1, 0.15) is 39.1 Å². The van der Waals surface area contributed by atoms with E-state index in [2.05, 4.69) is 10.3 Å². The minimum atomic E-state index is -0.759. The minimum absolute atomic E-state index is 0.179. The molecular weight excluding hydrogens is 276 g/mol. The second kappa shape index (κ2) is 7.13. The van der Waals surface area contributed by atoms with Crippen molar-refractivity contribution in [2.45, 2.75) is 58.3 Å². The quantitative estimate of drug-likeness (QED) is 0.617. The molecule has 1 rings (SSSR count). The van der Waals surface area contributed by atoms with Gasteiger partial charge in [-0.15, -0.1) is 0 Å². The number of hydrogen-bond donors (Lipinski definition) is 1. The van der Waals surface area contributed by atoms with Gasteiger partial charge in [0.15, 0.2) is 0 Å². The van der Waals surface area contributed by atoms with Crippen molar-refractivity contribution in [3.8, 4) is 0 Å². The summed E-state index contributed by atoms with van der Waals surface area (Å²) in [4.78, 5) is 16.5. The van der Waals surface area contributed by atoms with Crippen LogP contribution in [0, 0.1) is 13.8 Å². The molecule has 0 spiro atoms. The minimum Gasteiger partial charge on any atom is -0.465 e. The lowest BCUT2D eigenvalue weighted by Crippen LogP contribution is -2.55. The lowest BCUT2D eigenvalue weighted by Gasteiger charge is -2.29. The van der Waals surface area contributed by atoms with Gasteiger partial charge in [0.2, 0.25) is 0 Å². The molecule has 1 N–H and O–H groups in total. The van der Waals surface area contributed by atoms with E-state index in [1.807, 2.05) is 41.5 Å². The fourth-order valence-electron chi connectivity index (χ4n) is 1.80. The van der Waals surface area contributed by atoms with Crippen LogP contribution in [0.3, 0.4) is 0 Å². The highest BCUT2D eigenvalue weighted by Gasteiger charge is 2.35. The Hall–Kier alpha value is -1.01. The first-order chi connectivity index (χ1) is 9.28. The molecule has 1 aromatic heterocycles. The van der Waals surface area contributed by atoms with E-state index in [4.69, 9.17) is 9.15 Å². The zero-order chi connectivity index (χ0) is 15.3. The van der Waals surface area contributed by atoms with Crippen LogP contribution in [0.25, 0.3) is 0 Å². The average Bonchev–Trinajstić information content (AvgIpc) is 2.66. The molecule has 1 aromatic rings. The van der Waals surface area contributed by atoms with Crippen LogP contribution in [-0.4, -0.2) is 34.9 Å². The van der Waals surface area contributed by atoms with Gasteiger partial charge in [0.25, 0.3) is 5.22 Å². The Labute approximate surface area is 124 Å². The van der Waals surface area contributed by atoms with Crippen molar-refractivity contribution in [1.82, 2.24) is 10.3 Å². The number of ether oxygens (including phenoxy) is 1. The van der Waals surface area contributed by atoms with Crippen molar-refractivity contribution in [1.29, 1.82) is 0 Å². The molecule has 5 nitrogen and oxygen atoms in total. The summed E-state index contributed by atoms with van der Waals surface area (Å²) in [6, 6.07) is 0.179. The predicted molar refractivity (Wildman–Crippen MR) is 80.0 cm³/mol. The molecule has 0 aliphatic heterocycles. The molecule has 0 amide bonds. The number of aromatic nitrogens is 1. The van der Waals surface area contributed by atoms with E-state index < -0.39 is 5.54 Å². The van der Waals surface area contributed by atoms with E-state index in [-0.39, 0.29) is 12.0 Å². The number of carbonyl (C=O) groups excluding carboxylic acids is 1. The van der Waals surface area contributed by atoms with Crippen LogP contribution < -0.4 is 5.32 Å². The highest BCUT2D eigenvalue weighted by Crippen LogP contribution is 2.25. The van der Waals surface area contributed by atoms with Gasteiger partial charge < -0.3 is 9.15 Å². The molecule has 1 heterocycles. The van der Waals surface area contributed by atoms with Crippen LogP contribution >= 0.6 is 11.8 Å². The molecule has 0 fully saturated rings. The fraction of sp³-hybridized carbons (Fsp3) is 0.714. The zero-order valence-corrected chi connectivity index (χ0v) is 13.9. The van der Waals surface area contributed by atoms with E-state index in [1.54, 1.807) is 0 Å². The fourth-order valence-corrected chi connectivity index (χ4v) is 2.80. The molecule has 1 atom stereocenters. The van der Waals surface area contributed by atoms with E-state index >= 15 is 0 Å². The Balaban J connectivity index is 2.76. The Morgan fingerprint density at radius 1 is 1.50 bits per heavy atom. The van der Waals surface area contributed by atoms with Crippen molar-refractivity contribution >= 4 is 17.7 Å². The maximum Gasteiger partial charge on any atom is 0.326 e. The highest BCUT2D eigenvalue weighted by molar-refractivity contribution is 7.99. The van der Waals surface area contributed by atoms with Gasteiger partial charge in [-0.2, -0.15) is 0 Å². The first-order valence-corrected chi connectivity index (χ1v) is 7.78. The Morgan fingerprint density at radius 2 is 2.15 bits per heavy atom. The summed E-state index contributed by atoms with van der Waals surface area (Å²) in [6.07, 6.45) is 0. The normalized spacial score (nSPS) is 14.3. The third-order valence-electron chi connectivity index (χ3n) is 2.83. The van der Waals surface area contributed by atoms with Crippen LogP contribution in [0.15, 0.2) is 9.64 Å². The van der Waals surface area contributed by atoms with Gasteiger partial charge in [-0.1, -0.05) is 11.8 Å². The third kappa shape index (κ3) is 4.52. The summed E-state index contributed by atoms with van der Waals surface area (Å²) >= 11 is 1.42. The number of hydrogen-bond acceptors (Lipinski definition) is 6. The van der Waals surface area contributed by atoms with E-state index in [9.17, 15) is 4.79 Å². The van der Waals surface area contributed by atoms with Crippen LogP contribution in [0.5, 0.6) is 0 Å². The largest absolute Gasteiger partial charge is 0.465 e. The molecule has 6 heteroatoms. The van der Waals surface area contributed by atoms with Crippen molar-refractivity contribution in [2.75, 3.05) is 12.4 Å². The lowest BCUT2D eigenvalue weighted by molar-refractivity contribution is -0.149. The SMILES string of the molecule is CCOC(=O)C(C)(CSc1nc(C)c(C)o1)NC(C)C. The van der Waals surface area contributed by atoms with Crippen molar-refractivity contribution in [3.05, 3.63) is 11.5 Å². The molecule has 114 valence electrons. The number of thioether (sulfide) groups is 1. The summed E-state index contributed by atoms with van der Waals surface area (Å²) in [5.74, 6) is 1.06. The van der Waals surface area contributed by atoms with Crippen LogP contribution in [-0.2, 0) is 9.53 Å². The van der Waals surface area contributed by atoms with Gasteiger partial charge in [-0.05, 0) is 41.5 Å². The molecule has 0 aliphatic rings. The standard InChI is InChI=1S/C14H24N2O3S/c1-7-18-12(17)14(6,16-9(2)3)8-20-13-15-10(4)11(5)19-13/h9,16H,7-8H2,1-6H3. The first kappa shape index (κ1) is 17.0. The Kier molecular flexibility index (Phi) is 6.07. The molecule has 0 aliphatic carbocycles. The lowest BCUT2D eigenvalue weighted by atomic mass is 10.0. The third-order valence-corrected chi connectivity index (χ3v) is 3.97. The van der Waals surface area contributed by atoms with E-state index in [1.165, 1.54) is 11.8 Å². The van der Waals surface area contributed by atoms with Crippen molar-refractivity contribution in [3.63, 3.8) is 0 Å². The summed E-state index contributed by atoms with van der Waals surface area (Å²) in [6.45, 7) is 11.8. The number of nitrogens with one attached hydrogen (secondary N) is 1. The monoisotopic (exact) mass is 300 g/mol. The molecule has 0 saturated heterocycles. The van der Waals surface area contributed by atoms with Crippen LogP contribution in [0.2, 0.25) is 0 Å². The number of esters is 1. The van der Waals surface area contributed by atoms with Gasteiger partial charge in [0.1, 0.15) is 11.3 Å². The summed E-state index contributed by atoms with van der Waals surface area (Å²) < 4.78 is 10.7. The second-order valence-corrected chi connectivity index (χ2v) is 6.19. The van der Waals surface area contributed by atoms with Crippen molar-refractivity contribution < 1.29 is 13.9 Å². The number of aryl methyl sites for hydroxylation is 2. The zero-order valence-electron chi connectivity index (χ0n) is 13.1. The van der Waals surface area contributed by atoms with E-state index in [0.717, 1.165) is 11.5 Å². The number of rotatable bonds is 7. The second-order valence-electron chi connectivity index (χ2n) is 5.26. The van der Waals surface area contributed by atoms with Crippen LogP contribution in [0.4, 0.5) is 0 Å². The molecule has 20 heavy (non-hydrogen) atoms. The smallest absolute Gasteiger partial charge is 0.326 e. The maximum atomic E-state index is 12.1. The van der Waals surface area contributed by atoms with Gasteiger partial charge in [0.05, 0.1) is 12.3 Å². The molecule has 0 radical (unpaired) electrons. The predicted octanol–water partition coefficient (Wildman–Crippen LogP) is 2.70. The molecule has 0 aromatic carbocycles. The number of nitrogens with zero attached hydrogens (tertiary/aromatic N) is 1. The summed E-state index contributed by atoms with van der Waals surface area (Å²) in [5, 5.41) is 3.85. The maximum absolute atomic E-state index is 12.1. The van der Waals surface area contributed by atoms with Gasteiger partial charge in [0, 0.05) is 11.8 Å². The summed E-state index contributed by atoms with van der Waals surface area (Å²) in [5.41, 5.74) is 0.118. The topological polar surface area (TPSA) is 64.4 Å². The number of oxazole rings is 1. The first-order valence-electron chi connectivity index (χ1n) is 6.80. The molecule has 0 bridgehead atoms. The van der Waals surface area contributed by atoms with E-state index in [0.29, 0.717) is 17.6 Å². The Bertz CT molecular complexity index is 440. The number of carbonyl (C=O) groups is 1. The highest BCUT2D eigenvalue weighted by atomic mass is 32.2. The molecular formula is C14H24N2O3S. The van der Waals surface area contributed by atoms with Gasteiger partial charge in [-0.3, -0.25) is 10.1 Å².